The summed E-state index contributed by atoms with van der Waals surface area (Å²) in [6.07, 6.45) is 4.21. The zero-order valence-corrected chi connectivity index (χ0v) is 12.5. The van der Waals surface area contributed by atoms with Crippen LogP contribution in [0.3, 0.4) is 0 Å². The molecule has 1 heterocycles. The summed E-state index contributed by atoms with van der Waals surface area (Å²) in [6.45, 7) is 3.09. The van der Waals surface area contributed by atoms with Crippen molar-refractivity contribution < 1.29 is 9.18 Å². The first kappa shape index (κ1) is 15.4. The first-order valence-electron chi connectivity index (χ1n) is 6.75. The molecule has 0 atom stereocenters. The molecule has 0 fully saturated rings. The SMILES string of the molecule is CCN(CCc1ccncc1)C(=O)c1ccc(F)c(Cl)c1. The van der Waals surface area contributed by atoms with E-state index in [-0.39, 0.29) is 10.9 Å². The van der Waals surface area contributed by atoms with Crippen molar-refractivity contribution in [2.75, 3.05) is 13.1 Å². The number of pyridine rings is 1. The molecular weight excluding hydrogens is 291 g/mol. The summed E-state index contributed by atoms with van der Waals surface area (Å²) >= 11 is 5.73. The maximum absolute atomic E-state index is 13.2. The van der Waals surface area contributed by atoms with Gasteiger partial charge in [0.1, 0.15) is 5.82 Å². The fourth-order valence-corrected chi connectivity index (χ4v) is 2.21. The number of benzene rings is 1. The van der Waals surface area contributed by atoms with Crippen molar-refractivity contribution in [3.8, 4) is 0 Å². The molecule has 0 aliphatic rings. The lowest BCUT2D eigenvalue weighted by atomic mass is 10.1. The predicted molar refractivity (Wildman–Crippen MR) is 80.9 cm³/mol. The first-order valence-corrected chi connectivity index (χ1v) is 7.13. The minimum atomic E-state index is -0.520. The van der Waals surface area contributed by atoms with Gasteiger partial charge in [-0.05, 0) is 49.2 Å². The highest BCUT2D eigenvalue weighted by Gasteiger charge is 2.15. The Balaban J connectivity index is 2.06. The Kier molecular flexibility index (Phi) is 5.28. The average Bonchev–Trinajstić information content (AvgIpc) is 2.51. The van der Waals surface area contributed by atoms with Crippen LogP contribution in [0.4, 0.5) is 4.39 Å². The lowest BCUT2D eigenvalue weighted by Gasteiger charge is -2.21. The highest BCUT2D eigenvalue weighted by molar-refractivity contribution is 6.31. The lowest BCUT2D eigenvalue weighted by molar-refractivity contribution is 0.0766. The van der Waals surface area contributed by atoms with Crippen molar-refractivity contribution >= 4 is 17.5 Å². The standard InChI is InChI=1S/C16H16ClFN2O/c1-2-20(10-7-12-5-8-19-9-6-12)16(21)13-3-4-15(18)14(17)11-13/h3-6,8-9,11H,2,7,10H2,1H3. The summed E-state index contributed by atoms with van der Waals surface area (Å²) in [5.74, 6) is -0.665. The quantitative estimate of drug-likeness (QED) is 0.846. The summed E-state index contributed by atoms with van der Waals surface area (Å²) in [4.78, 5) is 18.1. The third kappa shape index (κ3) is 4.02. The number of carbonyl (C=O) groups is 1. The molecule has 0 spiro atoms. The second-order valence-electron chi connectivity index (χ2n) is 4.62. The first-order chi connectivity index (χ1) is 10.1. The van der Waals surface area contributed by atoms with Gasteiger partial charge in [0.2, 0.25) is 0 Å². The molecule has 21 heavy (non-hydrogen) atoms. The van der Waals surface area contributed by atoms with Crippen LogP contribution in [0.5, 0.6) is 0 Å². The molecule has 3 nitrogen and oxygen atoms in total. The Morgan fingerprint density at radius 1 is 1.29 bits per heavy atom. The largest absolute Gasteiger partial charge is 0.339 e. The summed E-state index contributed by atoms with van der Waals surface area (Å²) in [5, 5.41) is -0.0361. The van der Waals surface area contributed by atoms with Crippen LogP contribution in [0.15, 0.2) is 42.7 Å². The van der Waals surface area contributed by atoms with Crippen molar-refractivity contribution in [2.24, 2.45) is 0 Å². The smallest absolute Gasteiger partial charge is 0.253 e. The van der Waals surface area contributed by atoms with E-state index in [0.29, 0.717) is 18.7 Å². The van der Waals surface area contributed by atoms with E-state index in [0.717, 1.165) is 12.0 Å². The number of amides is 1. The van der Waals surface area contributed by atoms with Crippen LogP contribution in [0, 0.1) is 5.82 Å². The van der Waals surface area contributed by atoms with Gasteiger partial charge in [-0.2, -0.15) is 0 Å². The Labute approximate surface area is 128 Å². The zero-order chi connectivity index (χ0) is 15.2. The van der Waals surface area contributed by atoms with E-state index in [1.165, 1.54) is 18.2 Å². The lowest BCUT2D eigenvalue weighted by Crippen LogP contribution is -2.32. The molecule has 0 saturated carbocycles. The summed E-state index contributed by atoms with van der Waals surface area (Å²) in [7, 11) is 0. The molecule has 0 radical (unpaired) electrons. The van der Waals surface area contributed by atoms with Crippen molar-refractivity contribution in [3.63, 3.8) is 0 Å². The summed E-state index contributed by atoms with van der Waals surface area (Å²) in [6, 6.07) is 7.89. The molecular formula is C16H16ClFN2O. The third-order valence-electron chi connectivity index (χ3n) is 3.26. The molecule has 5 heteroatoms. The summed E-state index contributed by atoms with van der Waals surface area (Å²) in [5.41, 5.74) is 1.52. The fourth-order valence-electron chi connectivity index (χ4n) is 2.03. The van der Waals surface area contributed by atoms with Crippen LogP contribution in [-0.4, -0.2) is 28.9 Å². The number of rotatable bonds is 5. The van der Waals surface area contributed by atoms with Crippen LogP contribution < -0.4 is 0 Å². The number of hydrogen-bond donors (Lipinski definition) is 0. The van der Waals surface area contributed by atoms with Crippen molar-refractivity contribution in [1.29, 1.82) is 0 Å². The Hall–Kier alpha value is -1.94. The van der Waals surface area contributed by atoms with Crippen LogP contribution in [0.25, 0.3) is 0 Å². The number of halogens is 2. The van der Waals surface area contributed by atoms with Gasteiger partial charge in [-0.1, -0.05) is 11.6 Å². The van der Waals surface area contributed by atoms with E-state index < -0.39 is 5.82 Å². The van der Waals surface area contributed by atoms with Crippen LogP contribution in [0.2, 0.25) is 5.02 Å². The normalized spacial score (nSPS) is 10.4. The van der Waals surface area contributed by atoms with E-state index in [9.17, 15) is 9.18 Å². The third-order valence-corrected chi connectivity index (χ3v) is 3.54. The highest BCUT2D eigenvalue weighted by atomic mass is 35.5. The molecule has 2 aromatic rings. The molecule has 0 N–H and O–H groups in total. The highest BCUT2D eigenvalue weighted by Crippen LogP contribution is 2.17. The Morgan fingerprint density at radius 2 is 2.00 bits per heavy atom. The topological polar surface area (TPSA) is 33.2 Å². The van der Waals surface area contributed by atoms with Gasteiger partial charge < -0.3 is 4.90 Å². The molecule has 0 saturated heterocycles. The van der Waals surface area contributed by atoms with Gasteiger partial charge in [-0.3, -0.25) is 9.78 Å². The van der Waals surface area contributed by atoms with Gasteiger partial charge >= 0.3 is 0 Å². The van der Waals surface area contributed by atoms with Gasteiger partial charge in [-0.25, -0.2) is 4.39 Å². The van der Waals surface area contributed by atoms with Crippen molar-refractivity contribution in [1.82, 2.24) is 9.88 Å². The molecule has 0 unspecified atom stereocenters. The second-order valence-corrected chi connectivity index (χ2v) is 5.03. The molecule has 0 aliphatic heterocycles. The molecule has 1 amide bonds. The number of nitrogens with zero attached hydrogens (tertiary/aromatic N) is 2. The number of aromatic nitrogens is 1. The summed E-state index contributed by atoms with van der Waals surface area (Å²) < 4.78 is 13.2. The molecule has 0 bridgehead atoms. The monoisotopic (exact) mass is 306 g/mol. The van der Waals surface area contributed by atoms with E-state index in [2.05, 4.69) is 4.98 Å². The Morgan fingerprint density at radius 3 is 2.62 bits per heavy atom. The van der Waals surface area contributed by atoms with Gasteiger partial charge in [0.05, 0.1) is 5.02 Å². The molecule has 2 rings (SSSR count). The second kappa shape index (κ2) is 7.18. The number of carbonyl (C=O) groups excluding carboxylic acids is 1. The molecule has 1 aromatic carbocycles. The van der Waals surface area contributed by atoms with Gasteiger partial charge in [0.15, 0.2) is 0 Å². The number of hydrogen-bond acceptors (Lipinski definition) is 2. The maximum atomic E-state index is 13.2. The van der Waals surface area contributed by atoms with E-state index in [4.69, 9.17) is 11.6 Å². The molecule has 0 aliphatic carbocycles. The Bertz CT molecular complexity index is 619. The van der Waals surface area contributed by atoms with E-state index in [1.807, 2.05) is 19.1 Å². The maximum Gasteiger partial charge on any atom is 0.253 e. The van der Waals surface area contributed by atoms with Gasteiger partial charge in [-0.15, -0.1) is 0 Å². The molecule has 110 valence electrons. The fraction of sp³-hybridized carbons (Fsp3) is 0.250. The van der Waals surface area contributed by atoms with Gasteiger partial charge in [0.25, 0.3) is 5.91 Å². The van der Waals surface area contributed by atoms with Crippen LogP contribution in [0.1, 0.15) is 22.8 Å². The van der Waals surface area contributed by atoms with Crippen molar-refractivity contribution in [2.45, 2.75) is 13.3 Å². The van der Waals surface area contributed by atoms with E-state index in [1.54, 1.807) is 17.3 Å². The van der Waals surface area contributed by atoms with Crippen LogP contribution in [-0.2, 0) is 6.42 Å². The average molecular weight is 307 g/mol. The van der Waals surface area contributed by atoms with E-state index >= 15 is 0 Å². The van der Waals surface area contributed by atoms with Crippen LogP contribution >= 0.6 is 11.6 Å². The minimum Gasteiger partial charge on any atom is -0.339 e. The predicted octanol–water partition coefficient (Wildman–Crippen LogP) is 3.58. The minimum absolute atomic E-state index is 0.0361. The molecule has 1 aromatic heterocycles. The zero-order valence-electron chi connectivity index (χ0n) is 11.7. The van der Waals surface area contributed by atoms with Gasteiger partial charge in [0, 0.05) is 31.0 Å². The number of likely N-dealkylation sites (N-methyl/N-ethyl adjacent to an activating group) is 1. The van der Waals surface area contributed by atoms with Crippen molar-refractivity contribution in [3.05, 3.63) is 64.7 Å².